The Labute approximate surface area is 111 Å². The molecule has 0 radical (unpaired) electrons. The number of nitro benzene ring substituents is 1. The Morgan fingerprint density at radius 3 is 2.37 bits per heavy atom. The summed E-state index contributed by atoms with van der Waals surface area (Å²) in [6, 6.07) is 6.11. The molecule has 1 atom stereocenters. The van der Waals surface area contributed by atoms with E-state index in [9.17, 15) is 14.9 Å². The van der Waals surface area contributed by atoms with Crippen molar-refractivity contribution in [1.29, 1.82) is 0 Å². The molecule has 6 heteroatoms. The van der Waals surface area contributed by atoms with Crippen molar-refractivity contribution in [2.45, 2.75) is 32.9 Å². The molecule has 0 spiro atoms. The van der Waals surface area contributed by atoms with Gasteiger partial charge in [0.05, 0.1) is 11.3 Å². The van der Waals surface area contributed by atoms with E-state index >= 15 is 0 Å². The summed E-state index contributed by atoms with van der Waals surface area (Å²) in [4.78, 5) is 20.8. The van der Waals surface area contributed by atoms with Gasteiger partial charge in [0.15, 0.2) is 0 Å². The minimum atomic E-state index is -0.838. The molecule has 0 aliphatic heterocycles. The lowest BCUT2D eigenvalue weighted by molar-refractivity contribution is -0.384. The third-order valence-electron chi connectivity index (χ3n) is 2.91. The number of aliphatic carboxylic acids is 1. The molecule has 0 saturated heterocycles. The maximum absolute atomic E-state index is 10.7. The minimum Gasteiger partial charge on any atom is -0.481 e. The SMILES string of the molecule is CC(C)C(CC(=O)O)NCc1ccc([N+](=O)[O-])cc1. The van der Waals surface area contributed by atoms with Gasteiger partial charge in [-0.1, -0.05) is 26.0 Å². The summed E-state index contributed by atoms with van der Waals surface area (Å²) in [7, 11) is 0. The van der Waals surface area contributed by atoms with Gasteiger partial charge in [0.1, 0.15) is 0 Å². The maximum Gasteiger partial charge on any atom is 0.304 e. The van der Waals surface area contributed by atoms with Crippen LogP contribution in [0, 0.1) is 16.0 Å². The monoisotopic (exact) mass is 266 g/mol. The summed E-state index contributed by atoms with van der Waals surface area (Å²) >= 11 is 0. The Morgan fingerprint density at radius 1 is 1.37 bits per heavy atom. The molecular weight excluding hydrogens is 248 g/mol. The maximum atomic E-state index is 10.7. The van der Waals surface area contributed by atoms with Gasteiger partial charge in [0.25, 0.3) is 5.69 Å². The van der Waals surface area contributed by atoms with Crippen molar-refractivity contribution in [1.82, 2.24) is 5.32 Å². The molecule has 0 aliphatic carbocycles. The average Bonchev–Trinajstić information content (AvgIpc) is 2.34. The van der Waals surface area contributed by atoms with Crippen molar-refractivity contribution in [3.8, 4) is 0 Å². The van der Waals surface area contributed by atoms with Crippen LogP contribution in [-0.2, 0) is 11.3 Å². The smallest absolute Gasteiger partial charge is 0.304 e. The zero-order valence-corrected chi connectivity index (χ0v) is 11.0. The first-order valence-electron chi connectivity index (χ1n) is 6.08. The Bertz CT molecular complexity index is 442. The highest BCUT2D eigenvalue weighted by molar-refractivity contribution is 5.67. The largest absolute Gasteiger partial charge is 0.481 e. The zero-order valence-electron chi connectivity index (χ0n) is 11.0. The highest BCUT2D eigenvalue weighted by atomic mass is 16.6. The van der Waals surface area contributed by atoms with Gasteiger partial charge < -0.3 is 10.4 Å². The number of hydrogen-bond donors (Lipinski definition) is 2. The molecule has 1 unspecified atom stereocenters. The third kappa shape index (κ3) is 5.05. The summed E-state index contributed by atoms with van der Waals surface area (Å²) < 4.78 is 0. The van der Waals surface area contributed by atoms with Crippen LogP contribution in [0.5, 0.6) is 0 Å². The first kappa shape index (κ1) is 15.1. The molecule has 104 valence electrons. The van der Waals surface area contributed by atoms with E-state index in [1.807, 2.05) is 13.8 Å². The van der Waals surface area contributed by atoms with Gasteiger partial charge in [0, 0.05) is 24.7 Å². The first-order valence-corrected chi connectivity index (χ1v) is 6.08. The molecule has 0 heterocycles. The van der Waals surface area contributed by atoms with E-state index in [0.29, 0.717) is 6.54 Å². The van der Waals surface area contributed by atoms with E-state index in [0.717, 1.165) is 5.56 Å². The Hall–Kier alpha value is -1.95. The lowest BCUT2D eigenvalue weighted by atomic mass is 10.0. The van der Waals surface area contributed by atoms with Gasteiger partial charge in [-0.2, -0.15) is 0 Å². The van der Waals surface area contributed by atoms with Crippen molar-refractivity contribution in [3.05, 3.63) is 39.9 Å². The summed E-state index contributed by atoms with van der Waals surface area (Å²) in [5.74, 6) is -0.635. The van der Waals surface area contributed by atoms with Crippen LogP contribution in [0.3, 0.4) is 0 Å². The van der Waals surface area contributed by atoms with E-state index < -0.39 is 10.9 Å². The van der Waals surface area contributed by atoms with Crippen LogP contribution in [0.4, 0.5) is 5.69 Å². The van der Waals surface area contributed by atoms with Gasteiger partial charge in [-0.15, -0.1) is 0 Å². The number of nitro groups is 1. The summed E-state index contributed by atoms with van der Waals surface area (Å²) in [5, 5.41) is 22.5. The molecule has 2 N–H and O–H groups in total. The number of nitrogens with zero attached hydrogens (tertiary/aromatic N) is 1. The topological polar surface area (TPSA) is 92.5 Å². The molecule has 0 amide bonds. The fourth-order valence-corrected chi connectivity index (χ4v) is 1.72. The Balaban J connectivity index is 2.58. The molecule has 0 aromatic heterocycles. The number of hydrogen-bond acceptors (Lipinski definition) is 4. The van der Waals surface area contributed by atoms with Crippen molar-refractivity contribution in [3.63, 3.8) is 0 Å². The van der Waals surface area contributed by atoms with E-state index in [1.165, 1.54) is 12.1 Å². The lowest BCUT2D eigenvalue weighted by Crippen LogP contribution is -2.35. The van der Waals surface area contributed by atoms with Gasteiger partial charge in [-0.25, -0.2) is 0 Å². The zero-order chi connectivity index (χ0) is 14.4. The molecule has 1 rings (SSSR count). The van der Waals surface area contributed by atoms with Gasteiger partial charge in [-0.3, -0.25) is 14.9 Å². The summed E-state index contributed by atoms with van der Waals surface area (Å²) in [5.41, 5.74) is 0.941. The second-order valence-electron chi connectivity index (χ2n) is 4.75. The molecule has 6 nitrogen and oxygen atoms in total. The van der Waals surface area contributed by atoms with Crippen LogP contribution >= 0.6 is 0 Å². The van der Waals surface area contributed by atoms with Crippen molar-refractivity contribution < 1.29 is 14.8 Å². The Morgan fingerprint density at radius 2 is 1.95 bits per heavy atom. The molecule has 0 bridgehead atoms. The molecular formula is C13H18N2O4. The van der Waals surface area contributed by atoms with Crippen molar-refractivity contribution in [2.24, 2.45) is 5.92 Å². The molecule has 1 aromatic carbocycles. The number of carboxylic acids is 1. The summed E-state index contributed by atoms with van der Waals surface area (Å²) in [6.45, 7) is 4.40. The van der Waals surface area contributed by atoms with Gasteiger partial charge >= 0.3 is 5.97 Å². The van der Waals surface area contributed by atoms with Crippen LogP contribution in [0.1, 0.15) is 25.8 Å². The van der Waals surface area contributed by atoms with E-state index in [2.05, 4.69) is 5.32 Å². The van der Waals surface area contributed by atoms with Gasteiger partial charge in [-0.05, 0) is 11.5 Å². The van der Waals surface area contributed by atoms with E-state index in [-0.39, 0.29) is 24.1 Å². The predicted octanol–water partition coefficient (Wildman–Crippen LogP) is 2.18. The van der Waals surface area contributed by atoms with Crippen LogP contribution in [0.15, 0.2) is 24.3 Å². The van der Waals surface area contributed by atoms with Crippen LogP contribution in [-0.4, -0.2) is 22.0 Å². The minimum absolute atomic E-state index is 0.0506. The normalized spacial score (nSPS) is 12.4. The highest BCUT2D eigenvalue weighted by Gasteiger charge is 2.16. The van der Waals surface area contributed by atoms with Crippen LogP contribution < -0.4 is 5.32 Å². The van der Waals surface area contributed by atoms with Crippen LogP contribution in [0.25, 0.3) is 0 Å². The molecule has 1 aromatic rings. The average molecular weight is 266 g/mol. The fourth-order valence-electron chi connectivity index (χ4n) is 1.72. The number of carboxylic acid groups (broad SMARTS) is 1. The number of nitrogens with one attached hydrogen (secondary N) is 1. The second kappa shape index (κ2) is 6.84. The molecule has 0 fully saturated rings. The quantitative estimate of drug-likeness (QED) is 0.583. The number of benzene rings is 1. The molecule has 0 saturated carbocycles. The second-order valence-corrected chi connectivity index (χ2v) is 4.75. The lowest BCUT2D eigenvalue weighted by Gasteiger charge is -2.20. The number of non-ortho nitro benzene ring substituents is 1. The van der Waals surface area contributed by atoms with Crippen molar-refractivity contribution >= 4 is 11.7 Å². The van der Waals surface area contributed by atoms with E-state index in [4.69, 9.17) is 5.11 Å². The highest BCUT2D eigenvalue weighted by Crippen LogP contribution is 2.13. The Kier molecular flexibility index (Phi) is 5.44. The standard InChI is InChI=1S/C13H18N2O4/c1-9(2)12(7-13(16)17)14-8-10-3-5-11(6-4-10)15(18)19/h3-6,9,12,14H,7-8H2,1-2H3,(H,16,17). The number of rotatable bonds is 7. The summed E-state index contributed by atoms with van der Waals surface area (Å²) in [6.07, 6.45) is 0.0602. The molecule has 19 heavy (non-hydrogen) atoms. The van der Waals surface area contributed by atoms with Crippen molar-refractivity contribution in [2.75, 3.05) is 0 Å². The van der Waals surface area contributed by atoms with Gasteiger partial charge in [0.2, 0.25) is 0 Å². The number of carbonyl (C=O) groups is 1. The molecule has 0 aliphatic rings. The predicted molar refractivity (Wildman–Crippen MR) is 70.8 cm³/mol. The van der Waals surface area contributed by atoms with E-state index in [1.54, 1.807) is 12.1 Å². The first-order chi connectivity index (χ1) is 8.90. The fraction of sp³-hybridized carbons (Fsp3) is 0.462. The van der Waals surface area contributed by atoms with Crippen LogP contribution in [0.2, 0.25) is 0 Å². The third-order valence-corrected chi connectivity index (χ3v) is 2.91.